The molecule has 0 aliphatic heterocycles. The van der Waals surface area contributed by atoms with Crippen molar-refractivity contribution in [2.45, 2.75) is 18.9 Å². The highest BCUT2D eigenvalue weighted by atomic mass is 32.2. The Hall–Kier alpha value is -1.00. The van der Waals surface area contributed by atoms with Gasteiger partial charge in [-0.25, -0.2) is 0 Å². The zero-order valence-corrected chi connectivity index (χ0v) is 11.2. The van der Waals surface area contributed by atoms with Crippen LogP contribution in [0.2, 0.25) is 0 Å². The predicted octanol–water partition coefficient (Wildman–Crippen LogP) is 1.73. The molecule has 0 saturated carbocycles. The van der Waals surface area contributed by atoms with E-state index in [-0.39, 0.29) is 5.91 Å². The minimum absolute atomic E-state index is 0.317. The molecule has 0 fully saturated rings. The average molecular weight is 252 g/mol. The Balaban J connectivity index is 2.97. The summed E-state index contributed by atoms with van der Waals surface area (Å²) in [6, 6.07) is 9.68. The van der Waals surface area contributed by atoms with Gasteiger partial charge in [0.05, 0.1) is 0 Å². The molecule has 1 aromatic rings. The van der Waals surface area contributed by atoms with Gasteiger partial charge in [-0.15, -0.1) is 0 Å². The lowest BCUT2D eigenvalue weighted by atomic mass is 9.86. The van der Waals surface area contributed by atoms with E-state index in [4.69, 9.17) is 5.73 Å². The number of rotatable bonds is 7. The van der Waals surface area contributed by atoms with Crippen LogP contribution in [-0.4, -0.2) is 24.5 Å². The molecule has 0 radical (unpaired) electrons. The Bertz CT molecular complexity index is 356. The summed E-state index contributed by atoms with van der Waals surface area (Å²) in [4.78, 5) is 11.8. The minimum Gasteiger partial charge on any atom is -0.368 e. The molecule has 1 atom stereocenters. The number of nitrogens with two attached hydrogens (primary N) is 1. The van der Waals surface area contributed by atoms with Gasteiger partial charge in [0.25, 0.3) is 0 Å². The van der Waals surface area contributed by atoms with Crippen molar-refractivity contribution in [1.82, 2.24) is 5.32 Å². The van der Waals surface area contributed by atoms with E-state index in [0.717, 1.165) is 17.1 Å². The van der Waals surface area contributed by atoms with Gasteiger partial charge in [-0.05, 0) is 30.5 Å². The second kappa shape index (κ2) is 6.67. The van der Waals surface area contributed by atoms with Crippen molar-refractivity contribution in [3.63, 3.8) is 0 Å². The Kier molecular flexibility index (Phi) is 5.51. The Labute approximate surface area is 107 Å². The van der Waals surface area contributed by atoms with Gasteiger partial charge in [-0.2, -0.15) is 11.8 Å². The molecule has 0 aliphatic carbocycles. The Morgan fingerprint density at radius 1 is 1.41 bits per heavy atom. The number of primary amides is 1. The van der Waals surface area contributed by atoms with Crippen molar-refractivity contribution in [2.24, 2.45) is 5.73 Å². The van der Waals surface area contributed by atoms with Crippen LogP contribution in [0.5, 0.6) is 0 Å². The van der Waals surface area contributed by atoms with Crippen molar-refractivity contribution in [2.75, 3.05) is 18.6 Å². The number of carbonyl (C=O) groups is 1. The fourth-order valence-corrected chi connectivity index (χ4v) is 2.63. The van der Waals surface area contributed by atoms with Gasteiger partial charge in [0.15, 0.2) is 0 Å². The first-order chi connectivity index (χ1) is 8.17. The van der Waals surface area contributed by atoms with Gasteiger partial charge in [0, 0.05) is 0 Å². The van der Waals surface area contributed by atoms with E-state index in [1.807, 2.05) is 42.1 Å². The van der Waals surface area contributed by atoms with Crippen LogP contribution in [0.25, 0.3) is 0 Å². The number of hydrogen-bond donors (Lipinski definition) is 2. The topological polar surface area (TPSA) is 55.1 Å². The van der Waals surface area contributed by atoms with Crippen LogP contribution in [0, 0.1) is 0 Å². The number of likely N-dealkylation sites (N-methyl/N-ethyl adjacent to an activating group) is 1. The van der Waals surface area contributed by atoms with Gasteiger partial charge in [-0.3, -0.25) is 4.79 Å². The molecule has 0 saturated heterocycles. The summed E-state index contributed by atoms with van der Waals surface area (Å²) in [7, 11) is 1.79. The monoisotopic (exact) mass is 252 g/mol. The molecular weight excluding hydrogens is 232 g/mol. The van der Waals surface area contributed by atoms with Crippen molar-refractivity contribution in [3.05, 3.63) is 35.9 Å². The largest absolute Gasteiger partial charge is 0.368 e. The SMILES string of the molecule is CCSCCC(NC)(C(N)=O)c1ccccc1. The van der Waals surface area contributed by atoms with E-state index in [9.17, 15) is 4.79 Å². The minimum atomic E-state index is -0.747. The van der Waals surface area contributed by atoms with E-state index in [0.29, 0.717) is 6.42 Å². The summed E-state index contributed by atoms with van der Waals surface area (Å²) in [6.07, 6.45) is 0.710. The van der Waals surface area contributed by atoms with Crippen LogP contribution in [0.15, 0.2) is 30.3 Å². The summed E-state index contributed by atoms with van der Waals surface area (Å²) in [5, 5.41) is 3.10. The predicted molar refractivity (Wildman–Crippen MR) is 74.0 cm³/mol. The van der Waals surface area contributed by atoms with Crippen molar-refractivity contribution < 1.29 is 4.79 Å². The number of benzene rings is 1. The highest BCUT2D eigenvalue weighted by Crippen LogP contribution is 2.26. The van der Waals surface area contributed by atoms with E-state index in [1.54, 1.807) is 7.05 Å². The quantitative estimate of drug-likeness (QED) is 0.727. The molecule has 17 heavy (non-hydrogen) atoms. The third-order valence-electron chi connectivity index (χ3n) is 2.94. The third-order valence-corrected chi connectivity index (χ3v) is 3.84. The van der Waals surface area contributed by atoms with Gasteiger partial charge in [0.1, 0.15) is 5.54 Å². The average Bonchev–Trinajstić information content (AvgIpc) is 2.36. The molecule has 1 aromatic carbocycles. The summed E-state index contributed by atoms with van der Waals surface area (Å²) in [5.74, 6) is 1.64. The van der Waals surface area contributed by atoms with Gasteiger partial charge < -0.3 is 11.1 Å². The number of amides is 1. The maximum Gasteiger partial charge on any atom is 0.242 e. The zero-order valence-electron chi connectivity index (χ0n) is 10.4. The van der Waals surface area contributed by atoms with E-state index >= 15 is 0 Å². The molecule has 1 amide bonds. The summed E-state index contributed by atoms with van der Waals surface area (Å²) in [6.45, 7) is 2.11. The zero-order chi connectivity index (χ0) is 12.7. The van der Waals surface area contributed by atoms with E-state index in [2.05, 4.69) is 12.2 Å². The van der Waals surface area contributed by atoms with Crippen LogP contribution < -0.4 is 11.1 Å². The normalized spacial score (nSPS) is 14.2. The van der Waals surface area contributed by atoms with Gasteiger partial charge in [0.2, 0.25) is 5.91 Å². The van der Waals surface area contributed by atoms with E-state index in [1.165, 1.54) is 0 Å². The molecule has 0 heterocycles. The van der Waals surface area contributed by atoms with Crippen LogP contribution >= 0.6 is 11.8 Å². The highest BCUT2D eigenvalue weighted by molar-refractivity contribution is 7.99. The van der Waals surface area contributed by atoms with Crippen molar-refractivity contribution in [3.8, 4) is 0 Å². The molecule has 0 spiro atoms. The number of hydrogen-bond acceptors (Lipinski definition) is 3. The highest BCUT2D eigenvalue weighted by Gasteiger charge is 2.36. The summed E-state index contributed by atoms with van der Waals surface area (Å²) in [5.41, 5.74) is 5.78. The van der Waals surface area contributed by atoms with Crippen molar-refractivity contribution in [1.29, 1.82) is 0 Å². The molecule has 1 rings (SSSR count). The fourth-order valence-electron chi connectivity index (χ4n) is 1.89. The van der Waals surface area contributed by atoms with Gasteiger partial charge >= 0.3 is 0 Å². The van der Waals surface area contributed by atoms with Crippen LogP contribution in [0.3, 0.4) is 0 Å². The lowest BCUT2D eigenvalue weighted by Crippen LogP contribution is -2.51. The van der Waals surface area contributed by atoms with E-state index < -0.39 is 5.54 Å². The molecule has 0 aliphatic rings. The van der Waals surface area contributed by atoms with Crippen LogP contribution in [0.1, 0.15) is 18.9 Å². The first kappa shape index (κ1) is 14.1. The van der Waals surface area contributed by atoms with Gasteiger partial charge in [-0.1, -0.05) is 37.3 Å². The molecule has 3 nitrogen and oxygen atoms in total. The first-order valence-electron chi connectivity index (χ1n) is 5.79. The Morgan fingerprint density at radius 2 is 2.06 bits per heavy atom. The molecule has 0 bridgehead atoms. The van der Waals surface area contributed by atoms with Crippen LogP contribution in [0.4, 0.5) is 0 Å². The lowest BCUT2D eigenvalue weighted by Gasteiger charge is -2.30. The summed E-state index contributed by atoms with van der Waals surface area (Å²) < 4.78 is 0. The Morgan fingerprint density at radius 3 is 2.53 bits per heavy atom. The number of thioether (sulfide) groups is 1. The molecule has 94 valence electrons. The van der Waals surface area contributed by atoms with Crippen molar-refractivity contribution >= 4 is 17.7 Å². The molecule has 0 aromatic heterocycles. The maximum atomic E-state index is 11.8. The fraction of sp³-hybridized carbons (Fsp3) is 0.462. The summed E-state index contributed by atoms with van der Waals surface area (Å²) >= 11 is 1.81. The molecule has 1 unspecified atom stereocenters. The molecular formula is C13H20N2OS. The smallest absolute Gasteiger partial charge is 0.242 e. The standard InChI is InChI=1S/C13H20N2OS/c1-3-17-10-9-13(15-2,12(14)16)11-7-5-4-6-8-11/h4-8,15H,3,9-10H2,1-2H3,(H2,14,16). The second-order valence-electron chi connectivity index (χ2n) is 3.83. The van der Waals surface area contributed by atoms with Crippen LogP contribution in [-0.2, 0) is 10.3 Å². The third kappa shape index (κ3) is 3.23. The first-order valence-corrected chi connectivity index (χ1v) is 6.95. The molecule has 3 N–H and O–H groups in total. The molecule has 4 heteroatoms. The maximum absolute atomic E-state index is 11.8. The number of carbonyl (C=O) groups excluding carboxylic acids is 1. The number of nitrogens with one attached hydrogen (secondary N) is 1. The lowest BCUT2D eigenvalue weighted by molar-refractivity contribution is -0.124. The second-order valence-corrected chi connectivity index (χ2v) is 5.23.